The highest BCUT2D eigenvalue weighted by atomic mass is 19.4. The minimum absolute atomic E-state index is 0.0894. The number of alkyl halides is 3. The molecule has 0 atom stereocenters. The van der Waals surface area contributed by atoms with Gasteiger partial charge in [-0.1, -0.05) is 0 Å². The Labute approximate surface area is 157 Å². The van der Waals surface area contributed by atoms with E-state index in [9.17, 15) is 28.1 Å². The fourth-order valence-corrected chi connectivity index (χ4v) is 2.79. The van der Waals surface area contributed by atoms with Crippen molar-refractivity contribution >= 4 is 11.6 Å². The molecule has 152 valence electrons. The van der Waals surface area contributed by atoms with Crippen molar-refractivity contribution in [3.63, 3.8) is 0 Å². The number of aryl methyl sites for hydroxylation is 2. The summed E-state index contributed by atoms with van der Waals surface area (Å²) in [7, 11) is 0. The minimum Gasteiger partial charge on any atom is -0.356 e. The van der Waals surface area contributed by atoms with Crippen molar-refractivity contribution in [2.24, 2.45) is 0 Å². The molecule has 0 saturated heterocycles. The van der Waals surface area contributed by atoms with Crippen LogP contribution >= 0.6 is 0 Å². The average Bonchev–Trinajstić information content (AvgIpc) is 3.18. The molecular weight excluding hydrogens is 381 g/mol. The summed E-state index contributed by atoms with van der Waals surface area (Å²) in [6.07, 6.45) is 0.141. The van der Waals surface area contributed by atoms with Gasteiger partial charge in [-0.25, -0.2) is 0 Å². The third kappa shape index (κ3) is 5.08. The Morgan fingerprint density at radius 1 is 1.36 bits per heavy atom. The molecule has 1 fully saturated rings. The van der Waals surface area contributed by atoms with Gasteiger partial charge in [-0.15, -0.1) is 0 Å². The first kappa shape index (κ1) is 19.8. The van der Waals surface area contributed by atoms with Crippen molar-refractivity contribution < 1.29 is 22.9 Å². The second kappa shape index (κ2) is 7.98. The number of nitro groups is 1. The normalized spacial score (nSPS) is 14.2. The van der Waals surface area contributed by atoms with E-state index in [2.05, 4.69) is 15.5 Å². The quantitative estimate of drug-likeness (QED) is 0.395. The van der Waals surface area contributed by atoms with Gasteiger partial charge in [0.2, 0.25) is 5.91 Å². The van der Waals surface area contributed by atoms with E-state index in [1.807, 2.05) is 0 Å². The maximum Gasteiger partial charge on any atom is 0.435 e. The molecule has 3 rings (SSSR count). The van der Waals surface area contributed by atoms with Crippen molar-refractivity contribution in [3.8, 4) is 0 Å². The van der Waals surface area contributed by atoms with Gasteiger partial charge in [0.15, 0.2) is 5.69 Å². The van der Waals surface area contributed by atoms with E-state index < -0.39 is 16.8 Å². The summed E-state index contributed by atoms with van der Waals surface area (Å²) in [5.41, 5.74) is -0.435. The first-order valence-electron chi connectivity index (χ1n) is 8.82. The van der Waals surface area contributed by atoms with E-state index in [4.69, 9.17) is 0 Å². The highest BCUT2D eigenvalue weighted by molar-refractivity contribution is 5.75. The lowest BCUT2D eigenvalue weighted by molar-refractivity contribution is -0.385. The van der Waals surface area contributed by atoms with Gasteiger partial charge >= 0.3 is 11.9 Å². The fourth-order valence-electron chi connectivity index (χ4n) is 2.79. The summed E-state index contributed by atoms with van der Waals surface area (Å²) in [6, 6.07) is 1.11. The van der Waals surface area contributed by atoms with Crippen molar-refractivity contribution in [2.45, 2.75) is 50.9 Å². The largest absolute Gasteiger partial charge is 0.435 e. The highest BCUT2D eigenvalue weighted by Crippen LogP contribution is 2.42. The number of amides is 1. The smallest absolute Gasteiger partial charge is 0.356 e. The van der Waals surface area contributed by atoms with Crippen LogP contribution in [0.5, 0.6) is 0 Å². The Balaban J connectivity index is 1.42. The molecule has 0 aromatic carbocycles. The van der Waals surface area contributed by atoms with Crippen LogP contribution in [0, 0.1) is 10.1 Å². The lowest BCUT2D eigenvalue weighted by atomic mass is 10.2. The Bertz CT molecular complexity index is 856. The van der Waals surface area contributed by atoms with E-state index in [1.165, 1.54) is 15.6 Å². The maximum atomic E-state index is 12.9. The molecule has 1 aliphatic carbocycles. The SMILES string of the molecule is O=C(CCn1cc([N+](=O)[O-])cn1)NCCCn1nc(C(F)(F)F)cc1C1CC1. The lowest BCUT2D eigenvalue weighted by Gasteiger charge is -2.08. The number of aromatic nitrogens is 4. The predicted molar refractivity (Wildman–Crippen MR) is 90.3 cm³/mol. The fraction of sp³-hybridized carbons (Fsp3) is 0.562. The van der Waals surface area contributed by atoms with Crippen LogP contribution in [0.25, 0.3) is 0 Å². The standard InChI is InChI=1S/C16H19F3N6O3/c17-16(18,19)14-8-13(11-2-3-11)24(22-14)6-1-5-20-15(26)4-7-23-10-12(9-21-23)25(27)28/h8-11H,1-7H2,(H,20,26). The zero-order valence-electron chi connectivity index (χ0n) is 14.9. The molecule has 0 unspecified atom stereocenters. The van der Waals surface area contributed by atoms with Gasteiger partial charge in [-0.3, -0.25) is 24.3 Å². The van der Waals surface area contributed by atoms with E-state index in [0.717, 1.165) is 25.1 Å². The number of carbonyl (C=O) groups excluding carboxylic acids is 1. The van der Waals surface area contributed by atoms with E-state index >= 15 is 0 Å². The average molecular weight is 400 g/mol. The second-order valence-corrected chi connectivity index (χ2v) is 6.62. The summed E-state index contributed by atoms with van der Waals surface area (Å²) in [6.45, 7) is 0.774. The summed E-state index contributed by atoms with van der Waals surface area (Å²) in [5.74, 6) is -0.131. The van der Waals surface area contributed by atoms with Gasteiger partial charge in [-0.05, 0) is 25.3 Å². The maximum absolute atomic E-state index is 12.9. The molecule has 0 bridgehead atoms. The van der Waals surface area contributed by atoms with Gasteiger partial charge in [-0.2, -0.15) is 23.4 Å². The zero-order chi connectivity index (χ0) is 20.3. The van der Waals surface area contributed by atoms with Crippen LogP contribution in [0.2, 0.25) is 0 Å². The molecule has 2 heterocycles. The molecule has 28 heavy (non-hydrogen) atoms. The number of carbonyl (C=O) groups is 1. The molecule has 1 N–H and O–H groups in total. The van der Waals surface area contributed by atoms with Crippen LogP contribution in [0.15, 0.2) is 18.5 Å². The molecule has 1 aliphatic rings. The van der Waals surface area contributed by atoms with Gasteiger partial charge < -0.3 is 5.32 Å². The predicted octanol–water partition coefficient (Wildman–Crippen LogP) is 2.48. The van der Waals surface area contributed by atoms with E-state index in [-0.39, 0.29) is 37.0 Å². The topological polar surface area (TPSA) is 108 Å². The van der Waals surface area contributed by atoms with Crippen molar-refractivity contribution in [3.05, 3.63) is 40.0 Å². The zero-order valence-corrected chi connectivity index (χ0v) is 14.9. The lowest BCUT2D eigenvalue weighted by Crippen LogP contribution is -2.26. The highest BCUT2D eigenvalue weighted by Gasteiger charge is 2.37. The van der Waals surface area contributed by atoms with Gasteiger partial charge in [0, 0.05) is 37.7 Å². The number of hydrogen-bond donors (Lipinski definition) is 1. The molecule has 0 radical (unpaired) electrons. The van der Waals surface area contributed by atoms with Crippen LogP contribution in [0.1, 0.15) is 43.0 Å². The number of hydrogen-bond acceptors (Lipinski definition) is 5. The van der Waals surface area contributed by atoms with Crippen LogP contribution in [0.3, 0.4) is 0 Å². The molecule has 12 heteroatoms. The molecule has 2 aromatic heterocycles. The van der Waals surface area contributed by atoms with Gasteiger partial charge in [0.1, 0.15) is 12.4 Å². The summed E-state index contributed by atoms with van der Waals surface area (Å²) in [5, 5.41) is 20.7. The summed E-state index contributed by atoms with van der Waals surface area (Å²) in [4.78, 5) is 21.8. The summed E-state index contributed by atoms with van der Waals surface area (Å²) < 4.78 is 41.2. The van der Waals surface area contributed by atoms with Gasteiger partial charge in [0.05, 0.1) is 4.92 Å². The molecule has 0 spiro atoms. The Kier molecular flexibility index (Phi) is 5.66. The number of rotatable bonds is 9. The first-order valence-corrected chi connectivity index (χ1v) is 8.82. The van der Waals surface area contributed by atoms with Crippen LogP contribution in [-0.4, -0.2) is 36.9 Å². The van der Waals surface area contributed by atoms with E-state index in [0.29, 0.717) is 18.7 Å². The molecule has 1 saturated carbocycles. The minimum atomic E-state index is -4.47. The second-order valence-electron chi connectivity index (χ2n) is 6.62. The molecule has 0 aliphatic heterocycles. The van der Waals surface area contributed by atoms with E-state index in [1.54, 1.807) is 0 Å². The van der Waals surface area contributed by atoms with Crippen LogP contribution in [-0.2, 0) is 24.1 Å². The monoisotopic (exact) mass is 400 g/mol. The van der Waals surface area contributed by atoms with Crippen molar-refractivity contribution in [2.75, 3.05) is 6.54 Å². The number of halogens is 3. The Hall–Kier alpha value is -2.92. The first-order chi connectivity index (χ1) is 13.2. The summed E-state index contributed by atoms with van der Waals surface area (Å²) >= 11 is 0. The van der Waals surface area contributed by atoms with Crippen LogP contribution in [0.4, 0.5) is 18.9 Å². The molecule has 1 amide bonds. The molecule has 2 aromatic rings. The number of nitrogens with zero attached hydrogens (tertiary/aromatic N) is 5. The Morgan fingerprint density at radius 2 is 2.11 bits per heavy atom. The third-order valence-electron chi connectivity index (χ3n) is 4.36. The van der Waals surface area contributed by atoms with Crippen molar-refractivity contribution in [1.29, 1.82) is 0 Å². The third-order valence-corrected chi connectivity index (χ3v) is 4.36. The molecule has 9 nitrogen and oxygen atoms in total. The van der Waals surface area contributed by atoms with Gasteiger partial charge in [0.25, 0.3) is 0 Å². The Morgan fingerprint density at radius 3 is 2.71 bits per heavy atom. The number of nitrogens with one attached hydrogen (secondary N) is 1. The van der Waals surface area contributed by atoms with Crippen LogP contribution < -0.4 is 5.32 Å². The molecular formula is C16H19F3N6O3. The van der Waals surface area contributed by atoms with Crippen molar-refractivity contribution in [1.82, 2.24) is 24.9 Å².